The maximum atomic E-state index is 10.9. The second-order valence-electron chi connectivity index (χ2n) is 3.92. The molecule has 2 heterocycles. The first-order valence-corrected chi connectivity index (χ1v) is 5.14. The highest BCUT2D eigenvalue weighted by atomic mass is 16.6. The van der Waals surface area contributed by atoms with Crippen LogP contribution in [-0.2, 0) is 9.47 Å². The van der Waals surface area contributed by atoms with Crippen molar-refractivity contribution in [2.24, 2.45) is 10.9 Å². The van der Waals surface area contributed by atoms with Gasteiger partial charge in [-0.2, -0.15) is 0 Å². The zero-order chi connectivity index (χ0) is 11.6. The lowest BCUT2D eigenvalue weighted by Crippen LogP contribution is -2.41. The summed E-state index contributed by atoms with van der Waals surface area (Å²) in [6.45, 7) is -0.0624. The van der Waals surface area contributed by atoms with Crippen LogP contribution in [0.5, 0.6) is 0 Å². The van der Waals surface area contributed by atoms with Crippen LogP contribution >= 0.6 is 0 Å². The van der Waals surface area contributed by atoms with Crippen molar-refractivity contribution >= 4 is 0 Å². The summed E-state index contributed by atoms with van der Waals surface area (Å²) in [5.41, 5.74) is 4.57. The molecule has 0 radical (unpaired) electrons. The van der Waals surface area contributed by atoms with E-state index in [4.69, 9.17) is 20.3 Å². The fourth-order valence-corrected chi connectivity index (χ4v) is 1.89. The highest BCUT2D eigenvalue weighted by molar-refractivity contribution is 5.23. The van der Waals surface area contributed by atoms with Crippen molar-refractivity contribution in [3.05, 3.63) is 29.0 Å². The van der Waals surface area contributed by atoms with Crippen molar-refractivity contribution in [1.82, 2.24) is 0 Å². The van der Waals surface area contributed by atoms with Gasteiger partial charge < -0.3 is 20.3 Å². The van der Waals surface area contributed by atoms with Gasteiger partial charge in [-0.1, -0.05) is 0 Å². The van der Waals surface area contributed by atoms with Gasteiger partial charge in [0, 0.05) is 0 Å². The summed E-state index contributed by atoms with van der Waals surface area (Å²) < 4.78 is 10.7. The van der Waals surface area contributed by atoms with Gasteiger partial charge in [0.05, 0.1) is 18.4 Å². The normalized spacial score (nSPS) is 37.9. The van der Waals surface area contributed by atoms with E-state index in [2.05, 4.69) is 5.18 Å². The number of aliphatic hydroxyl groups excluding tert-OH is 1. The van der Waals surface area contributed by atoms with Crippen molar-refractivity contribution in [1.29, 1.82) is 0 Å². The standard InChI is InChI=1S/C10H14N2O4/c11-7-3-4-10(12-14,15-6-7)9-2-1-8(5-13)16-9/h3-4,6,8-9,13H,1-2,5,11H2/t8-,9+,10?/m0/s1. The number of rotatable bonds is 3. The smallest absolute Gasteiger partial charge is 0.283 e. The molecule has 1 saturated heterocycles. The molecular weight excluding hydrogens is 212 g/mol. The molecule has 88 valence electrons. The molecule has 1 fully saturated rings. The Hall–Kier alpha value is -1.40. The third kappa shape index (κ3) is 1.81. The summed E-state index contributed by atoms with van der Waals surface area (Å²) in [4.78, 5) is 10.9. The van der Waals surface area contributed by atoms with E-state index in [0.29, 0.717) is 18.5 Å². The van der Waals surface area contributed by atoms with Crippen molar-refractivity contribution in [3.63, 3.8) is 0 Å². The molecule has 3 N–H and O–H groups in total. The van der Waals surface area contributed by atoms with Crippen LogP contribution < -0.4 is 5.73 Å². The number of nitrogens with two attached hydrogens (primary N) is 1. The van der Waals surface area contributed by atoms with Crippen LogP contribution in [0.25, 0.3) is 0 Å². The van der Waals surface area contributed by atoms with E-state index in [1.165, 1.54) is 12.3 Å². The Morgan fingerprint density at radius 1 is 1.62 bits per heavy atom. The van der Waals surface area contributed by atoms with E-state index < -0.39 is 11.8 Å². The number of nitroso groups, excluding NO2 is 1. The average molecular weight is 226 g/mol. The number of hydrogen-bond donors (Lipinski definition) is 2. The van der Waals surface area contributed by atoms with E-state index in [-0.39, 0.29) is 12.7 Å². The van der Waals surface area contributed by atoms with E-state index in [0.717, 1.165) is 0 Å². The van der Waals surface area contributed by atoms with Crippen molar-refractivity contribution in [2.75, 3.05) is 6.61 Å². The third-order valence-electron chi connectivity index (χ3n) is 2.81. The van der Waals surface area contributed by atoms with Crippen LogP contribution in [0.3, 0.4) is 0 Å². The van der Waals surface area contributed by atoms with E-state index in [9.17, 15) is 4.91 Å². The second kappa shape index (κ2) is 4.23. The lowest BCUT2D eigenvalue weighted by atomic mass is 10.0. The molecule has 0 aromatic carbocycles. The van der Waals surface area contributed by atoms with Gasteiger partial charge >= 0.3 is 0 Å². The first-order valence-electron chi connectivity index (χ1n) is 5.14. The van der Waals surface area contributed by atoms with Crippen LogP contribution in [-0.4, -0.2) is 29.6 Å². The SMILES string of the molecule is NC1=COC(N=O)([C@H]2CC[C@@H](CO)O2)C=C1. The zero-order valence-corrected chi connectivity index (χ0v) is 8.70. The molecule has 16 heavy (non-hydrogen) atoms. The Kier molecular flexibility index (Phi) is 2.93. The Morgan fingerprint density at radius 3 is 2.94 bits per heavy atom. The maximum Gasteiger partial charge on any atom is 0.283 e. The first-order chi connectivity index (χ1) is 7.70. The summed E-state index contributed by atoms with van der Waals surface area (Å²) in [6.07, 6.45) is 4.95. The summed E-state index contributed by atoms with van der Waals surface area (Å²) in [5, 5.41) is 12.0. The summed E-state index contributed by atoms with van der Waals surface area (Å²) >= 11 is 0. The van der Waals surface area contributed by atoms with Crippen molar-refractivity contribution in [3.8, 4) is 0 Å². The van der Waals surface area contributed by atoms with Gasteiger partial charge in [-0.05, 0) is 30.2 Å². The number of nitrogens with zero attached hydrogens (tertiary/aromatic N) is 1. The van der Waals surface area contributed by atoms with Gasteiger partial charge in [0.15, 0.2) is 0 Å². The Balaban J connectivity index is 2.12. The molecule has 2 aliphatic heterocycles. The zero-order valence-electron chi connectivity index (χ0n) is 8.70. The van der Waals surface area contributed by atoms with Crippen LogP contribution in [0, 0.1) is 4.91 Å². The minimum Gasteiger partial charge on any atom is -0.462 e. The second-order valence-corrected chi connectivity index (χ2v) is 3.92. The lowest BCUT2D eigenvalue weighted by Gasteiger charge is -2.30. The fraction of sp³-hybridized carbons (Fsp3) is 0.600. The fourth-order valence-electron chi connectivity index (χ4n) is 1.89. The topological polar surface area (TPSA) is 94.1 Å². The Bertz CT molecular complexity index is 342. The van der Waals surface area contributed by atoms with Gasteiger partial charge in [0.1, 0.15) is 12.4 Å². The minimum atomic E-state index is -1.34. The Morgan fingerprint density at radius 2 is 2.44 bits per heavy atom. The molecule has 0 bridgehead atoms. The molecule has 2 aliphatic rings. The molecule has 6 heteroatoms. The molecule has 2 rings (SSSR count). The molecule has 0 aliphatic carbocycles. The molecule has 0 amide bonds. The average Bonchev–Trinajstić information content (AvgIpc) is 2.80. The first kappa shape index (κ1) is 11.1. The molecular formula is C10H14N2O4. The molecule has 6 nitrogen and oxygen atoms in total. The van der Waals surface area contributed by atoms with Gasteiger partial charge in [-0.3, -0.25) is 0 Å². The quantitative estimate of drug-likeness (QED) is 0.678. The number of ether oxygens (including phenoxy) is 2. The van der Waals surface area contributed by atoms with Crippen molar-refractivity contribution in [2.45, 2.75) is 30.8 Å². The molecule has 3 atom stereocenters. The van der Waals surface area contributed by atoms with Gasteiger partial charge in [0.2, 0.25) is 0 Å². The molecule has 1 unspecified atom stereocenters. The van der Waals surface area contributed by atoms with Crippen LogP contribution in [0.1, 0.15) is 12.8 Å². The van der Waals surface area contributed by atoms with Crippen LogP contribution in [0.4, 0.5) is 0 Å². The Labute approximate surface area is 92.7 Å². The number of allylic oxidation sites excluding steroid dienone is 1. The number of hydrogen-bond acceptors (Lipinski definition) is 6. The summed E-state index contributed by atoms with van der Waals surface area (Å²) in [7, 11) is 0. The predicted molar refractivity (Wildman–Crippen MR) is 56.0 cm³/mol. The number of aliphatic hydroxyl groups is 1. The highest BCUT2D eigenvalue weighted by Crippen LogP contribution is 2.34. The monoisotopic (exact) mass is 226 g/mol. The van der Waals surface area contributed by atoms with Gasteiger partial charge in [0.25, 0.3) is 5.72 Å². The van der Waals surface area contributed by atoms with E-state index >= 15 is 0 Å². The minimum absolute atomic E-state index is 0.0624. The lowest BCUT2D eigenvalue weighted by molar-refractivity contribution is -0.0889. The van der Waals surface area contributed by atoms with E-state index in [1.54, 1.807) is 6.08 Å². The third-order valence-corrected chi connectivity index (χ3v) is 2.81. The molecule has 0 spiro atoms. The van der Waals surface area contributed by atoms with E-state index in [1.807, 2.05) is 0 Å². The van der Waals surface area contributed by atoms with Gasteiger partial charge in [-0.15, -0.1) is 4.91 Å². The predicted octanol–water partition coefficient (Wildman–Crippen LogP) is 0.376. The molecule has 0 aromatic rings. The van der Waals surface area contributed by atoms with Gasteiger partial charge in [-0.25, -0.2) is 0 Å². The van der Waals surface area contributed by atoms with Crippen molar-refractivity contribution < 1.29 is 14.6 Å². The maximum absolute atomic E-state index is 10.9. The summed E-state index contributed by atoms with van der Waals surface area (Å²) in [6, 6.07) is 0. The molecule has 0 aromatic heterocycles. The van der Waals surface area contributed by atoms with Crippen LogP contribution in [0.15, 0.2) is 29.3 Å². The van der Waals surface area contributed by atoms with Crippen LogP contribution in [0.2, 0.25) is 0 Å². The largest absolute Gasteiger partial charge is 0.462 e. The molecule has 0 saturated carbocycles. The highest BCUT2D eigenvalue weighted by Gasteiger charge is 2.46. The summed E-state index contributed by atoms with van der Waals surface area (Å²) in [5.74, 6) is 0.